The quantitative estimate of drug-likeness (QED) is 0.519. The summed E-state index contributed by atoms with van der Waals surface area (Å²) in [6, 6.07) is 0. The number of rotatable bonds is 0. The second-order valence-corrected chi connectivity index (χ2v) is 5.53. The molecule has 0 aromatic heterocycles. The molecule has 2 aliphatic rings. The second-order valence-electron chi connectivity index (χ2n) is 5.53. The topological polar surface area (TPSA) is 23.8 Å². The van der Waals surface area contributed by atoms with E-state index in [1.165, 1.54) is 25.7 Å². The van der Waals surface area contributed by atoms with E-state index >= 15 is 0 Å². The average molecular weight is 190 g/mol. The van der Waals surface area contributed by atoms with Gasteiger partial charge < -0.3 is 5.73 Å². The minimum atomic E-state index is -0.548. The van der Waals surface area contributed by atoms with Gasteiger partial charge in [-0.25, -0.2) is 0 Å². The average Bonchev–Trinajstić information content (AvgIpc) is 2.81. The Labute approximate surface area is 87.4 Å². The first-order valence-electron chi connectivity index (χ1n) is 5.81. The molecular weight excluding hydrogens is 170 g/mol. The Morgan fingerprint density at radius 1 is 1.29 bits per heavy atom. The van der Waals surface area contributed by atoms with Crippen LogP contribution in [0.25, 0.3) is 5.73 Å². The summed E-state index contributed by atoms with van der Waals surface area (Å²) in [4.78, 5) is 0. The molecule has 1 N–H and O–H groups in total. The summed E-state index contributed by atoms with van der Waals surface area (Å²) in [5.41, 5.74) is 8.22. The molecule has 0 aliphatic heterocycles. The van der Waals surface area contributed by atoms with Crippen LogP contribution in [-0.4, -0.2) is 5.54 Å². The van der Waals surface area contributed by atoms with Crippen molar-refractivity contribution in [2.24, 2.45) is 11.3 Å². The summed E-state index contributed by atoms with van der Waals surface area (Å²) in [6.07, 6.45) is 13.6. The van der Waals surface area contributed by atoms with Crippen molar-refractivity contribution in [2.75, 3.05) is 0 Å². The zero-order valence-corrected chi connectivity index (χ0v) is 9.10. The molecule has 14 heavy (non-hydrogen) atoms. The zero-order valence-electron chi connectivity index (χ0n) is 9.10. The summed E-state index contributed by atoms with van der Waals surface area (Å²) >= 11 is 0. The van der Waals surface area contributed by atoms with Crippen molar-refractivity contribution in [1.82, 2.24) is 0 Å². The van der Waals surface area contributed by atoms with Crippen molar-refractivity contribution in [3.05, 3.63) is 5.73 Å². The maximum absolute atomic E-state index is 8.14. The van der Waals surface area contributed by atoms with E-state index in [2.05, 4.69) is 12.8 Å². The van der Waals surface area contributed by atoms with E-state index in [9.17, 15) is 0 Å². The molecule has 1 heteroatoms. The minimum Gasteiger partial charge on any atom is -0.661 e. The van der Waals surface area contributed by atoms with Crippen LogP contribution in [0, 0.1) is 23.7 Å². The van der Waals surface area contributed by atoms with E-state index in [0.717, 1.165) is 25.2 Å². The Morgan fingerprint density at radius 2 is 2.00 bits per heavy atom. The van der Waals surface area contributed by atoms with Gasteiger partial charge in [-0.15, -0.1) is 12.3 Å². The van der Waals surface area contributed by atoms with Gasteiger partial charge in [-0.1, -0.05) is 44.6 Å². The van der Waals surface area contributed by atoms with Crippen molar-refractivity contribution in [3.63, 3.8) is 0 Å². The first kappa shape index (κ1) is 10.1. The lowest BCUT2D eigenvalue weighted by Gasteiger charge is -2.33. The fourth-order valence-electron chi connectivity index (χ4n) is 2.91. The van der Waals surface area contributed by atoms with Crippen LogP contribution in [0.15, 0.2) is 0 Å². The van der Waals surface area contributed by atoms with Crippen LogP contribution in [0.4, 0.5) is 0 Å². The fraction of sp³-hybridized carbons (Fsp3) is 0.846. The Bertz CT molecular complexity index is 265. The maximum atomic E-state index is 8.14. The third-order valence-corrected chi connectivity index (χ3v) is 4.34. The highest BCUT2D eigenvalue weighted by Gasteiger charge is 2.48. The molecule has 2 fully saturated rings. The molecule has 78 valence electrons. The molecule has 2 unspecified atom stereocenters. The molecule has 0 bridgehead atoms. The number of hydrogen-bond donors (Lipinski definition) is 0. The summed E-state index contributed by atoms with van der Waals surface area (Å²) in [5.74, 6) is 3.57. The standard InChI is InChI=1S/C13H20N/c1-3-13(14)8-5-4-7-12(2)10-11(12)6-9-13/h1,11,14H,4-10H2,2H3/q-1/t11-,12?,13?/m1/s1. The third kappa shape index (κ3) is 1.81. The first-order valence-corrected chi connectivity index (χ1v) is 5.81. The molecule has 2 rings (SSSR count). The predicted molar refractivity (Wildman–Crippen MR) is 59.8 cm³/mol. The SMILES string of the molecule is C#CC1([NH-])CCCCC2(C)C[C@H]2CC1. The molecule has 0 heterocycles. The summed E-state index contributed by atoms with van der Waals surface area (Å²) in [7, 11) is 0. The van der Waals surface area contributed by atoms with Crippen LogP contribution < -0.4 is 0 Å². The molecule has 0 radical (unpaired) electrons. The predicted octanol–water partition coefficient (Wildman–Crippen LogP) is 3.79. The van der Waals surface area contributed by atoms with E-state index in [-0.39, 0.29) is 0 Å². The van der Waals surface area contributed by atoms with Crippen molar-refractivity contribution in [2.45, 2.75) is 57.4 Å². The maximum Gasteiger partial charge on any atom is -0.0294 e. The Kier molecular flexibility index (Phi) is 2.35. The summed E-state index contributed by atoms with van der Waals surface area (Å²) < 4.78 is 0. The Morgan fingerprint density at radius 3 is 2.71 bits per heavy atom. The van der Waals surface area contributed by atoms with Crippen molar-refractivity contribution < 1.29 is 0 Å². The molecular formula is C13H20N-. The smallest absolute Gasteiger partial charge is 0.0294 e. The van der Waals surface area contributed by atoms with Gasteiger partial charge in [-0.2, -0.15) is 0 Å². The van der Waals surface area contributed by atoms with E-state index in [1.54, 1.807) is 0 Å². The minimum absolute atomic E-state index is 0.548. The highest BCUT2D eigenvalue weighted by molar-refractivity contribution is 5.19. The molecule has 2 aliphatic carbocycles. The number of hydrogen-bond acceptors (Lipinski definition) is 0. The van der Waals surface area contributed by atoms with E-state index < -0.39 is 5.54 Å². The van der Waals surface area contributed by atoms with E-state index in [1.807, 2.05) is 0 Å². The summed E-state index contributed by atoms with van der Waals surface area (Å²) in [6.45, 7) is 2.41. The van der Waals surface area contributed by atoms with Crippen LogP contribution in [0.1, 0.15) is 51.9 Å². The van der Waals surface area contributed by atoms with Crippen LogP contribution in [0.3, 0.4) is 0 Å². The number of fused-ring (bicyclic) bond motifs is 1. The van der Waals surface area contributed by atoms with E-state index in [4.69, 9.17) is 12.2 Å². The molecule has 1 nitrogen and oxygen atoms in total. The lowest BCUT2D eigenvalue weighted by atomic mass is 9.89. The highest BCUT2D eigenvalue weighted by atomic mass is 14.7. The first-order chi connectivity index (χ1) is 6.58. The zero-order chi connectivity index (χ0) is 10.2. The molecule has 0 saturated heterocycles. The Hall–Kier alpha value is -0.480. The summed E-state index contributed by atoms with van der Waals surface area (Å²) in [5, 5.41) is 0. The largest absolute Gasteiger partial charge is 0.661 e. The molecule has 0 amide bonds. The van der Waals surface area contributed by atoms with Gasteiger partial charge in [0.2, 0.25) is 0 Å². The van der Waals surface area contributed by atoms with Gasteiger partial charge in [0.05, 0.1) is 0 Å². The van der Waals surface area contributed by atoms with Gasteiger partial charge >= 0.3 is 0 Å². The number of nitrogens with one attached hydrogen (secondary N) is 1. The molecule has 0 aromatic carbocycles. The van der Waals surface area contributed by atoms with Crippen LogP contribution in [-0.2, 0) is 0 Å². The van der Waals surface area contributed by atoms with Gasteiger partial charge in [0.15, 0.2) is 0 Å². The normalized spacial score (nSPS) is 47.9. The highest BCUT2D eigenvalue weighted by Crippen LogP contribution is 2.59. The van der Waals surface area contributed by atoms with Gasteiger partial charge in [-0.3, -0.25) is 0 Å². The van der Waals surface area contributed by atoms with Crippen LogP contribution in [0.5, 0.6) is 0 Å². The molecule has 3 atom stereocenters. The van der Waals surface area contributed by atoms with Gasteiger partial charge in [0, 0.05) is 0 Å². The molecule has 2 saturated carbocycles. The van der Waals surface area contributed by atoms with Crippen molar-refractivity contribution in [1.29, 1.82) is 0 Å². The number of terminal acetylenes is 1. The lowest BCUT2D eigenvalue weighted by Crippen LogP contribution is -2.21. The lowest BCUT2D eigenvalue weighted by molar-refractivity contribution is 0.435. The fourth-order valence-corrected chi connectivity index (χ4v) is 2.91. The third-order valence-electron chi connectivity index (χ3n) is 4.34. The molecule has 0 aromatic rings. The van der Waals surface area contributed by atoms with Crippen LogP contribution >= 0.6 is 0 Å². The second kappa shape index (κ2) is 3.28. The monoisotopic (exact) mass is 190 g/mol. The van der Waals surface area contributed by atoms with Gasteiger partial charge in [0.25, 0.3) is 0 Å². The van der Waals surface area contributed by atoms with E-state index in [0.29, 0.717) is 5.41 Å². The van der Waals surface area contributed by atoms with Gasteiger partial charge in [0.1, 0.15) is 0 Å². The van der Waals surface area contributed by atoms with Gasteiger partial charge in [-0.05, 0) is 24.2 Å². The van der Waals surface area contributed by atoms with Crippen molar-refractivity contribution >= 4 is 0 Å². The van der Waals surface area contributed by atoms with Crippen molar-refractivity contribution in [3.8, 4) is 12.3 Å². The Balaban J connectivity index is 2.01. The van der Waals surface area contributed by atoms with Crippen LogP contribution in [0.2, 0.25) is 0 Å². The molecule has 0 spiro atoms.